The Labute approximate surface area is 98.3 Å². The molecule has 0 aromatic rings. The van der Waals surface area contributed by atoms with E-state index in [9.17, 15) is 13.6 Å². The van der Waals surface area contributed by atoms with Crippen molar-refractivity contribution in [3.63, 3.8) is 0 Å². The number of hydrogen-bond donors (Lipinski definition) is 0. The smallest absolute Gasteiger partial charge is 0.345 e. The Balaban J connectivity index is 1.75. The number of hydrogen-bond acceptors (Lipinski definition) is 4. The quantitative estimate of drug-likeness (QED) is 0.693. The summed E-state index contributed by atoms with van der Waals surface area (Å²) < 4.78 is 33.4. The molecular weight excluding hydrogens is 234 g/mol. The van der Waals surface area contributed by atoms with Crippen LogP contribution in [0.4, 0.5) is 8.78 Å². The van der Waals surface area contributed by atoms with Crippen LogP contribution in [0, 0.1) is 0 Å². The lowest BCUT2D eigenvalue weighted by atomic mass is 10.1. The summed E-state index contributed by atoms with van der Waals surface area (Å²) in [6, 6.07) is 0. The van der Waals surface area contributed by atoms with Crippen molar-refractivity contribution in [1.29, 1.82) is 0 Å². The molecule has 0 aliphatic carbocycles. The molecule has 0 spiro atoms. The van der Waals surface area contributed by atoms with Crippen molar-refractivity contribution in [3.8, 4) is 0 Å². The molecule has 0 saturated carbocycles. The van der Waals surface area contributed by atoms with E-state index in [1.807, 2.05) is 11.9 Å². The molecule has 1 atom stereocenters. The molecule has 2 heterocycles. The summed E-state index contributed by atoms with van der Waals surface area (Å²) in [5.74, 6) is -0.134. The molecule has 17 heavy (non-hydrogen) atoms. The fraction of sp³-hybridized carbons (Fsp3) is 0.900. The fourth-order valence-electron chi connectivity index (χ4n) is 1.98. The van der Waals surface area contributed by atoms with Crippen LogP contribution in [0.5, 0.6) is 0 Å². The lowest BCUT2D eigenvalue weighted by molar-refractivity contribution is -0.203. The number of halogens is 2. The van der Waals surface area contributed by atoms with Crippen LogP contribution in [0.25, 0.3) is 0 Å². The van der Waals surface area contributed by atoms with Crippen LogP contribution in [0.15, 0.2) is 0 Å². The molecule has 5 nitrogen and oxygen atoms in total. The molecule has 0 radical (unpaired) electrons. The van der Waals surface area contributed by atoms with E-state index >= 15 is 0 Å². The highest BCUT2D eigenvalue weighted by Gasteiger charge is 2.37. The number of carbonyl (C=O) groups is 1. The second-order valence-corrected chi connectivity index (χ2v) is 4.38. The van der Waals surface area contributed by atoms with Gasteiger partial charge < -0.3 is 19.3 Å². The van der Waals surface area contributed by atoms with Crippen molar-refractivity contribution >= 4 is 5.91 Å². The Hall–Kier alpha value is -0.790. The zero-order valence-electron chi connectivity index (χ0n) is 9.64. The number of ether oxygens (including phenoxy) is 2. The van der Waals surface area contributed by atoms with Gasteiger partial charge in [-0.1, -0.05) is 0 Å². The van der Waals surface area contributed by atoms with Crippen molar-refractivity contribution < 1.29 is 23.0 Å². The van der Waals surface area contributed by atoms with Gasteiger partial charge in [0, 0.05) is 26.2 Å². The average molecular weight is 250 g/mol. The molecule has 1 unspecified atom stereocenters. The van der Waals surface area contributed by atoms with Gasteiger partial charge in [0.2, 0.25) is 0 Å². The van der Waals surface area contributed by atoms with E-state index in [1.165, 1.54) is 4.90 Å². The van der Waals surface area contributed by atoms with Gasteiger partial charge in [0.05, 0.1) is 12.7 Å². The van der Waals surface area contributed by atoms with Crippen LogP contribution in [0.3, 0.4) is 0 Å². The number of amides is 1. The predicted molar refractivity (Wildman–Crippen MR) is 54.7 cm³/mol. The summed E-state index contributed by atoms with van der Waals surface area (Å²) in [7, 11) is 1.92. The van der Waals surface area contributed by atoms with E-state index in [2.05, 4.69) is 4.74 Å². The number of nitrogens with zero attached hydrogens (tertiary/aromatic N) is 2. The predicted octanol–water partition coefficient (Wildman–Crippen LogP) is -0.233. The topological polar surface area (TPSA) is 42.0 Å². The molecule has 1 amide bonds. The van der Waals surface area contributed by atoms with Crippen molar-refractivity contribution in [3.05, 3.63) is 0 Å². The molecule has 2 aliphatic heterocycles. The van der Waals surface area contributed by atoms with Gasteiger partial charge in [-0.3, -0.25) is 4.79 Å². The Morgan fingerprint density at radius 1 is 1.41 bits per heavy atom. The summed E-state index contributed by atoms with van der Waals surface area (Å²) in [6.45, 7) is -0.428. The third kappa shape index (κ3) is 3.11. The lowest BCUT2D eigenvalue weighted by Crippen LogP contribution is -2.60. The minimum absolute atomic E-state index is 0.134. The zero-order valence-corrected chi connectivity index (χ0v) is 9.64. The third-order valence-electron chi connectivity index (χ3n) is 3.00. The molecule has 7 heteroatoms. The van der Waals surface area contributed by atoms with Gasteiger partial charge in [-0.15, -0.1) is 0 Å². The van der Waals surface area contributed by atoms with Crippen LogP contribution in [0.2, 0.25) is 0 Å². The molecular formula is C10H16F2N2O3. The van der Waals surface area contributed by atoms with Crippen LogP contribution >= 0.6 is 0 Å². The lowest BCUT2D eigenvalue weighted by Gasteiger charge is -2.41. The molecule has 2 saturated heterocycles. The van der Waals surface area contributed by atoms with E-state index < -0.39 is 18.8 Å². The van der Waals surface area contributed by atoms with Gasteiger partial charge in [-0.05, 0) is 7.05 Å². The summed E-state index contributed by atoms with van der Waals surface area (Å²) in [4.78, 5) is 15.4. The third-order valence-corrected chi connectivity index (χ3v) is 3.00. The van der Waals surface area contributed by atoms with E-state index in [-0.39, 0.29) is 19.0 Å². The molecule has 98 valence electrons. The maximum atomic E-state index is 11.9. The normalized spacial score (nSPS) is 27.3. The molecule has 0 aromatic heterocycles. The Morgan fingerprint density at radius 3 is 2.71 bits per heavy atom. The highest BCUT2D eigenvalue weighted by Crippen LogP contribution is 2.17. The summed E-state index contributed by atoms with van der Waals surface area (Å²) in [5, 5.41) is 0. The highest BCUT2D eigenvalue weighted by atomic mass is 19.3. The van der Waals surface area contributed by atoms with E-state index in [1.54, 1.807) is 0 Å². The van der Waals surface area contributed by atoms with Gasteiger partial charge in [0.15, 0.2) is 0 Å². The fourth-order valence-corrected chi connectivity index (χ4v) is 1.98. The van der Waals surface area contributed by atoms with Gasteiger partial charge in [-0.2, -0.15) is 8.78 Å². The zero-order chi connectivity index (χ0) is 12.4. The van der Waals surface area contributed by atoms with Gasteiger partial charge >= 0.3 is 6.61 Å². The first-order chi connectivity index (χ1) is 8.06. The van der Waals surface area contributed by atoms with Crippen molar-refractivity contribution in [2.24, 2.45) is 0 Å². The van der Waals surface area contributed by atoms with Crippen LogP contribution < -0.4 is 0 Å². The molecule has 2 rings (SSSR count). The van der Waals surface area contributed by atoms with Crippen molar-refractivity contribution in [1.82, 2.24) is 9.80 Å². The van der Waals surface area contributed by atoms with E-state index in [4.69, 9.17) is 4.74 Å². The molecule has 2 fully saturated rings. The number of likely N-dealkylation sites (N-methyl/N-ethyl adjacent to an activating group) is 1. The van der Waals surface area contributed by atoms with E-state index in [0.717, 1.165) is 6.54 Å². The molecule has 0 bridgehead atoms. The first-order valence-corrected chi connectivity index (χ1v) is 5.59. The highest BCUT2D eigenvalue weighted by molar-refractivity contribution is 5.82. The van der Waals surface area contributed by atoms with E-state index in [0.29, 0.717) is 13.2 Å². The number of carbonyl (C=O) groups excluding carboxylic acids is 1. The van der Waals surface area contributed by atoms with Crippen molar-refractivity contribution in [2.75, 3.05) is 39.8 Å². The summed E-state index contributed by atoms with van der Waals surface area (Å²) in [5.41, 5.74) is 0. The number of morpholine rings is 1. The van der Waals surface area contributed by atoms with Crippen LogP contribution in [0.1, 0.15) is 0 Å². The largest absolute Gasteiger partial charge is 0.366 e. The second-order valence-electron chi connectivity index (χ2n) is 4.38. The average Bonchev–Trinajstić information content (AvgIpc) is 2.21. The summed E-state index contributed by atoms with van der Waals surface area (Å²) in [6.07, 6.45) is -1.01. The second kappa shape index (κ2) is 5.24. The number of likely N-dealkylation sites (tertiary alicyclic amines) is 1. The first-order valence-electron chi connectivity index (χ1n) is 5.59. The van der Waals surface area contributed by atoms with Gasteiger partial charge in [0.1, 0.15) is 6.10 Å². The van der Waals surface area contributed by atoms with Gasteiger partial charge in [0.25, 0.3) is 5.91 Å². The number of alkyl halides is 2. The minimum Gasteiger partial charge on any atom is -0.366 e. The SMILES string of the molecule is CN1CCOC(C(=O)N2CC(OC(F)F)C2)C1. The Kier molecular flexibility index (Phi) is 3.90. The Morgan fingerprint density at radius 2 is 2.12 bits per heavy atom. The molecule has 2 aliphatic rings. The Bertz CT molecular complexity index is 285. The molecule has 0 aromatic carbocycles. The van der Waals surface area contributed by atoms with Crippen LogP contribution in [-0.2, 0) is 14.3 Å². The number of rotatable bonds is 3. The maximum absolute atomic E-state index is 11.9. The van der Waals surface area contributed by atoms with Crippen molar-refractivity contribution in [2.45, 2.75) is 18.8 Å². The first kappa shape index (κ1) is 12.7. The van der Waals surface area contributed by atoms with Crippen LogP contribution in [-0.4, -0.2) is 74.4 Å². The standard InChI is InChI=1S/C10H16F2N2O3/c1-13-2-3-16-8(6-13)9(15)14-4-7(5-14)17-10(11)12/h7-8,10H,2-6H2,1H3. The maximum Gasteiger partial charge on any atom is 0.345 e. The monoisotopic (exact) mass is 250 g/mol. The van der Waals surface area contributed by atoms with Gasteiger partial charge in [-0.25, -0.2) is 0 Å². The molecule has 0 N–H and O–H groups in total. The summed E-state index contributed by atoms with van der Waals surface area (Å²) >= 11 is 0. The minimum atomic E-state index is -2.77.